The number of ether oxygens (including phenoxy) is 2. The second-order valence-corrected chi connectivity index (χ2v) is 7.79. The third kappa shape index (κ3) is 4.23. The van der Waals surface area contributed by atoms with Crippen molar-refractivity contribution in [3.05, 3.63) is 54.1 Å². The molecule has 1 atom stereocenters. The quantitative estimate of drug-likeness (QED) is 0.339. The van der Waals surface area contributed by atoms with Gasteiger partial charge in [-0.2, -0.15) is 4.98 Å². The fourth-order valence-electron chi connectivity index (χ4n) is 3.04. The average molecular weight is 423 g/mol. The summed E-state index contributed by atoms with van der Waals surface area (Å²) in [4.78, 5) is 17.7. The number of ketones is 1. The molecule has 1 aromatic heterocycles. The molecular weight excluding hydrogens is 400 g/mol. The number of carbonyl (C=O) groups is 1. The Kier molecular flexibility index (Phi) is 6.13. The van der Waals surface area contributed by atoms with Crippen molar-refractivity contribution in [2.24, 2.45) is 0 Å². The minimum absolute atomic E-state index is 0.209. The highest BCUT2D eigenvalue weighted by molar-refractivity contribution is 7.99. The van der Waals surface area contributed by atoms with Crippen LogP contribution in [0.3, 0.4) is 0 Å². The molecule has 2 aromatic carbocycles. The van der Waals surface area contributed by atoms with Gasteiger partial charge in [-0.05, 0) is 36.8 Å². The number of unbranched alkanes of at least 4 members (excludes halogenated alkanes) is 1. The van der Waals surface area contributed by atoms with Gasteiger partial charge in [0.25, 0.3) is 0 Å². The van der Waals surface area contributed by atoms with Crippen molar-refractivity contribution in [2.75, 3.05) is 18.2 Å². The molecular formula is C22H22N4O3S. The van der Waals surface area contributed by atoms with Crippen LogP contribution < -0.4 is 14.8 Å². The molecule has 2 heterocycles. The van der Waals surface area contributed by atoms with Crippen LogP contribution in [0.2, 0.25) is 0 Å². The molecule has 0 aliphatic carbocycles. The number of benzene rings is 2. The predicted molar refractivity (Wildman–Crippen MR) is 116 cm³/mol. The largest absolute Gasteiger partial charge is 0.497 e. The highest BCUT2D eigenvalue weighted by atomic mass is 32.2. The van der Waals surface area contributed by atoms with E-state index in [-0.39, 0.29) is 5.78 Å². The molecule has 3 aromatic rings. The Labute approximate surface area is 179 Å². The second-order valence-electron chi connectivity index (χ2n) is 6.73. The van der Waals surface area contributed by atoms with Crippen molar-refractivity contribution in [3.8, 4) is 22.9 Å². The minimum Gasteiger partial charge on any atom is -0.497 e. The first kappa shape index (κ1) is 20.2. The first-order chi connectivity index (χ1) is 14.7. The summed E-state index contributed by atoms with van der Waals surface area (Å²) in [6.07, 6.45) is 1.22. The van der Waals surface area contributed by atoms with Gasteiger partial charge in [0.2, 0.25) is 23.0 Å². The van der Waals surface area contributed by atoms with Crippen molar-refractivity contribution in [2.45, 2.75) is 31.1 Å². The number of aromatic nitrogens is 3. The third-order valence-corrected chi connectivity index (χ3v) is 5.60. The van der Waals surface area contributed by atoms with Crippen LogP contribution in [0.4, 0.5) is 5.69 Å². The summed E-state index contributed by atoms with van der Waals surface area (Å²) < 4.78 is 11.2. The standard InChI is InChI=1S/C22H22N4O3S/c1-3-4-13-30-22-24-20-18(25-26-22)16-7-5-6-8-17(16)23-21(29-20)19(27)14-9-11-15(28-2)12-10-14/h5-12,21,23H,3-4,13H2,1-2H3. The number of methoxy groups -OCH3 is 1. The molecule has 0 radical (unpaired) electrons. The van der Waals surface area contributed by atoms with Crippen molar-refractivity contribution in [3.63, 3.8) is 0 Å². The van der Waals surface area contributed by atoms with Crippen LogP contribution in [0, 0.1) is 0 Å². The summed E-state index contributed by atoms with van der Waals surface area (Å²) in [6, 6.07) is 14.5. The highest BCUT2D eigenvalue weighted by Crippen LogP contribution is 2.36. The lowest BCUT2D eigenvalue weighted by Gasteiger charge is -2.18. The van der Waals surface area contributed by atoms with Crippen LogP contribution in [0.25, 0.3) is 11.3 Å². The van der Waals surface area contributed by atoms with E-state index in [0.717, 1.165) is 29.8 Å². The summed E-state index contributed by atoms with van der Waals surface area (Å²) >= 11 is 1.53. The molecule has 154 valence electrons. The SMILES string of the molecule is CCCCSc1nnc2c(n1)OC(C(=O)c1ccc(OC)cc1)Nc1ccccc1-2. The van der Waals surface area contributed by atoms with Crippen LogP contribution >= 0.6 is 11.8 Å². The van der Waals surface area contributed by atoms with Gasteiger partial charge in [0, 0.05) is 22.6 Å². The number of hydrogen-bond acceptors (Lipinski definition) is 8. The molecule has 7 nitrogen and oxygen atoms in total. The molecule has 0 saturated carbocycles. The van der Waals surface area contributed by atoms with E-state index in [0.29, 0.717) is 28.0 Å². The van der Waals surface area contributed by atoms with E-state index in [1.165, 1.54) is 11.8 Å². The normalized spacial score (nSPS) is 14.5. The maximum atomic E-state index is 13.2. The zero-order valence-electron chi connectivity index (χ0n) is 16.8. The minimum atomic E-state index is -0.939. The number of para-hydroxylation sites is 1. The van der Waals surface area contributed by atoms with E-state index in [4.69, 9.17) is 9.47 Å². The fraction of sp³-hybridized carbons (Fsp3) is 0.273. The Morgan fingerprint density at radius 3 is 2.73 bits per heavy atom. The van der Waals surface area contributed by atoms with Crippen LogP contribution in [0.1, 0.15) is 30.1 Å². The number of Topliss-reactive ketones (excluding diaryl/α,β-unsaturated/α-hetero) is 1. The van der Waals surface area contributed by atoms with Gasteiger partial charge in [-0.1, -0.05) is 43.3 Å². The number of rotatable bonds is 7. The zero-order valence-corrected chi connectivity index (χ0v) is 17.6. The summed E-state index contributed by atoms with van der Waals surface area (Å²) in [5.41, 5.74) is 2.56. The zero-order chi connectivity index (χ0) is 20.9. The second kappa shape index (κ2) is 9.13. The van der Waals surface area contributed by atoms with Gasteiger partial charge in [0.05, 0.1) is 7.11 Å². The number of hydrogen-bond donors (Lipinski definition) is 1. The summed E-state index contributed by atoms with van der Waals surface area (Å²) in [7, 11) is 1.59. The third-order valence-electron chi connectivity index (χ3n) is 4.68. The highest BCUT2D eigenvalue weighted by Gasteiger charge is 2.30. The predicted octanol–water partition coefficient (Wildman–Crippen LogP) is 4.45. The molecule has 0 amide bonds. The lowest BCUT2D eigenvalue weighted by molar-refractivity contribution is 0.0823. The lowest BCUT2D eigenvalue weighted by atomic mass is 10.1. The maximum absolute atomic E-state index is 13.2. The van der Waals surface area contributed by atoms with Gasteiger partial charge in [-0.3, -0.25) is 4.79 Å². The number of thioether (sulfide) groups is 1. The first-order valence-corrected chi connectivity index (χ1v) is 10.8. The Bertz CT molecular complexity index is 1040. The molecule has 1 aliphatic heterocycles. The maximum Gasteiger partial charge on any atom is 0.247 e. The first-order valence-electron chi connectivity index (χ1n) is 9.78. The van der Waals surface area contributed by atoms with E-state index in [2.05, 4.69) is 27.4 Å². The Morgan fingerprint density at radius 2 is 1.97 bits per heavy atom. The molecule has 1 N–H and O–H groups in total. The molecule has 0 fully saturated rings. The summed E-state index contributed by atoms with van der Waals surface area (Å²) in [5.74, 6) is 1.68. The number of anilines is 1. The van der Waals surface area contributed by atoms with E-state index < -0.39 is 6.23 Å². The van der Waals surface area contributed by atoms with Crippen LogP contribution in [-0.2, 0) is 0 Å². The fourth-order valence-corrected chi connectivity index (χ4v) is 3.90. The van der Waals surface area contributed by atoms with Gasteiger partial charge in [0.1, 0.15) is 5.75 Å². The topological polar surface area (TPSA) is 86.2 Å². The Morgan fingerprint density at radius 1 is 1.17 bits per heavy atom. The van der Waals surface area contributed by atoms with Gasteiger partial charge < -0.3 is 14.8 Å². The summed E-state index contributed by atoms with van der Waals surface area (Å²) in [5, 5.41) is 12.3. The van der Waals surface area contributed by atoms with Crippen molar-refractivity contribution >= 4 is 23.2 Å². The molecule has 0 spiro atoms. The van der Waals surface area contributed by atoms with E-state index in [9.17, 15) is 4.79 Å². The van der Waals surface area contributed by atoms with Gasteiger partial charge in [-0.25, -0.2) is 0 Å². The number of carbonyl (C=O) groups excluding carboxylic acids is 1. The molecule has 0 bridgehead atoms. The molecule has 8 heteroatoms. The average Bonchev–Trinajstić information content (AvgIpc) is 2.95. The number of nitrogens with zero attached hydrogens (tertiary/aromatic N) is 3. The molecule has 0 saturated heterocycles. The molecule has 30 heavy (non-hydrogen) atoms. The Balaban J connectivity index is 1.68. The molecule has 4 rings (SSSR count). The van der Waals surface area contributed by atoms with E-state index in [1.54, 1.807) is 31.4 Å². The molecule has 1 unspecified atom stereocenters. The molecule has 1 aliphatic rings. The number of fused-ring (bicyclic) bond motifs is 3. The lowest BCUT2D eigenvalue weighted by Crippen LogP contribution is -2.35. The van der Waals surface area contributed by atoms with Crippen LogP contribution in [-0.4, -0.2) is 40.1 Å². The smallest absolute Gasteiger partial charge is 0.247 e. The van der Waals surface area contributed by atoms with Crippen molar-refractivity contribution in [1.29, 1.82) is 0 Å². The van der Waals surface area contributed by atoms with Gasteiger partial charge >= 0.3 is 0 Å². The van der Waals surface area contributed by atoms with Crippen molar-refractivity contribution < 1.29 is 14.3 Å². The summed E-state index contributed by atoms with van der Waals surface area (Å²) in [6.45, 7) is 2.14. The van der Waals surface area contributed by atoms with E-state index >= 15 is 0 Å². The van der Waals surface area contributed by atoms with Crippen molar-refractivity contribution in [1.82, 2.24) is 15.2 Å². The number of nitrogens with one attached hydrogen (secondary N) is 1. The van der Waals surface area contributed by atoms with Crippen LogP contribution in [0.5, 0.6) is 11.6 Å². The Hall–Kier alpha value is -3.13. The van der Waals surface area contributed by atoms with E-state index in [1.807, 2.05) is 24.3 Å². The monoisotopic (exact) mass is 422 g/mol. The van der Waals surface area contributed by atoms with Crippen LogP contribution in [0.15, 0.2) is 53.7 Å². The van der Waals surface area contributed by atoms with Gasteiger partial charge in [0.15, 0.2) is 5.69 Å². The van der Waals surface area contributed by atoms with Gasteiger partial charge in [-0.15, -0.1) is 10.2 Å².